The second kappa shape index (κ2) is 21.6. The van der Waals surface area contributed by atoms with Crippen LogP contribution in [0.3, 0.4) is 0 Å². The Bertz CT molecular complexity index is 1760. The second-order valence-electron chi connectivity index (χ2n) is 13.8. The van der Waals surface area contributed by atoms with Gasteiger partial charge in [-0.3, -0.25) is 0 Å². The smallest absolute Gasteiger partial charge is 0.360 e. The van der Waals surface area contributed by atoms with Crippen molar-refractivity contribution < 1.29 is 42.8 Å². The Balaban J connectivity index is 1.91. The molecule has 2 aromatic heterocycles. The fourth-order valence-electron chi connectivity index (χ4n) is 5.26. The molecule has 0 amide bonds. The third-order valence-electron chi connectivity index (χ3n) is 9.03. The molecule has 1 aliphatic rings. The van der Waals surface area contributed by atoms with E-state index in [1.807, 2.05) is 102 Å². The van der Waals surface area contributed by atoms with E-state index in [9.17, 15) is 19.8 Å². The maximum absolute atomic E-state index is 13.3. The highest BCUT2D eigenvalue weighted by atomic mass is 16.6. The van der Waals surface area contributed by atoms with Crippen molar-refractivity contribution in [3.8, 4) is 0 Å². The SMILES string of the molecule is CC=C[C@H](O)C(C)(C)[C@@H]1CC=CC=CC=C[C@H](OC)Cc2nc(co2)C(=O)O[C@H](C(C)(C)[C@@H](O)C=CC)CC=CC=CC=CC=Cc2nc(co2)C(=O)O1. The van der Waals surface area contributed by atoms with Gasteiger partial charge in [0.2, 0.25) is 5.89 Å². The number of aromatic nitrogens is 2. The quantitative estimate of drug-likeness (QED) is 0.209. The van der Waals surface area contributed by atoms with Gasteiger partial charge in [-0.1, -0.05) is 131 Å². The summed E-state index contributed by atoms with van der Waals surface area (Å²) in [6.07, 6.45) is 31.9. The number of methoxy groups -OCH3 is 1. The molecule has 2 N–H and O–H groups in total. The van der Waals surface area contributed by atoms with E-state index >= 15 is 0 Å². The Hall–Kier alpha value is -5.10. The summed E-state index contributed by atoms with van der Waals surface area (Å²) in [5.74, 6) is -0.812. The second-order valence-corrected chi connectivity index (χ2v) is 13.8. The monoisotopic (exact) mass is 742 g/mol. The highest BCUT2D eigenvalue weighted by Crippen LogP contribution is 2.33. The van der Waals surface area contributed by atoms with Gasteiger partial charge in [-0.2, -0.15) is 0 Å². The number of hydrogen-bond donors (Lipinski definition) is 2. The van der Waals surface area contributed by atoms with E-state index in [1.54, 1.807) is 55.7 Å². The number of esters is 2. The normalized spacial score (nSPS) is 21.4. The molecule has 5 atom stereocenters. The van der Waals surface area contributed by atoms with Crippen LogP contribution in [0.5, 0.6) is 0 Å². The first-order valence-corrected chi connectivity index (χ1v) is 18.0. The lowest BCUT2D eigenvalue weighted by atomic mass is 9.79. The number of fused-ring (bicyclic) bond motifs is 4. The molecule has 0 aromatic carbocycles. The fraction of sp³-hybridized carbons (Fsp3) is 0.395. The molecule has 2 aromatic rings. The lowest BCUT2D eigenvalue weighted by Gasteiger charge is -2.36. The average molecular weight is 743 g/mol. The molecule has 0 unspecified atom stereocenters. The zero-order valence-electron chi connectivity index (χ0n) is 32.2. The third kappa shape index (κ3) is 13.1. The van der Waals surface area contributed by atoms with Crippen LogP contribution in [0.25, 0.3) is 6.08 Å². The van der Waals surface area contributed by atoms with Crippen molar-refractivity contribution in [3.63, 3.8) is 0 Å². The number of nitrogens with zero attached hydrogens (tertiary/aromatic N) is 2. The zero-order chi connectivity index (χ0) is 39.6. The molecule has 1 aliphatic heterocycles. The maximum Gasteiger partial charge on any atom is 0.360 e. The number of hydrogen-bond acceptors (Lipinski definition) is 11. The van der Waals surface area contributed by atoms with Crippen molar-refractivity contribution in [2.45, 2.75) is 91.3 Å². The van der Waals surface area contributed by atoms with Crippen molar-refractivity contribution in [1.82, 2.24) is 9.97 Å². The largest absolute Gasteiger partial charge is 0.457 e. The first-order valence-electron chi connectivity index (χ1n) is 18.0. The summed E-state index contributed by atoms with van der Waals surface area (Å²) in [7, 11) is 1.56. The first kappa shape index (κ1) is 43.3. The van der Waals surface area contributed by atoms with E-state index in [2.05, 4.69) is 9.97 Å². The predicted molar refractivity (Wildman–Crippen MR) is 208 cm³/mol. The Labute approximate surface area is 318 Å². The van der Waals surface area contributed by atoms with Crippen molar-refractivity contribution in [3.05, 3.63) is 139 Å². The van der Waals surface area contributed by atoms with Gasteiger partial charge in [-0.05, 0) is 13.8 Å². The molecule has 11 heteroatoms. The van der Waals surface area contributed by atoms with Crippen molar-refractivity contribution >= 4 is 18.0 Å². The number of carbonyl (C=O) groups is 2. The van der Waals surface area contributed by atoms with Crippen LogP contribution in [0.2, 0.25) is 0 Å². The molecule has 0 saturated carbocycles. The number of ether oxygens (including phenoxy) is 3. The summed E-state index contributed by atoms with van der Waals surface area (Å²) < 4.78 is 28.5. The standard InChI is InChI=1S/C43H54N2O9/c1-8-22-34(46)42(3,4)36-26-20-16-13-14-18-24-31(50-7)28-39-45-33(30-52-39)41(49)54-37(43(5,6)35(47)23-9-2)25-19-15-11-10-12-17-21-27-38-44-32(29-51-38)40(48)53-36/h8-24,27,29-31,34-37,46-47H,25-26,28H2,1-7H3/t31-,34-,35-,36-,37-/m0/s1. The topological polar surface area (TPSA) is 154 Å². The number of aliphatic hydroxyl groups excluding tert-OH is 2. The van der Waals surface area contributed by atoms with Gasteiger partial charge in [-0.15, -0.1) is 0 Å². The number of aliphatic hydroxyl groups is 2. The molecule has 0 saturated heterocycles. The molecular formula is C43H54N2O9. The van der Waals surface area contributed by atoms with Crippen LogP contribution in [0.4, 0.5) is 0 Å². The van der Waals surface area contributed by atoms with Crippen LogP contribution < -0.4 is 0 Å². The highest BCUT2D eigenvalue weighted by Gasteiger charge is 2.39. The molecule has 3 heterocycles. The van der Waals surface area contributed by atoms with E-state index in [0.29, 0.717) is 18.7 Å². The zero-order valence-corrected chi connectivity index (χ0v) is 32.2. The van der Waals surface area contributed by atoms with Gasteiger partial charge in [0.1, 0.15) is 24.7 Å². The summed E-state index contributed by atoms with van der Waals surface area (Å²) in [4.78, 5) is 35.0. The van der Waals surface area contributed by atoms with E-state index in [-0.39, 0.29) is 23.7 Å². The molecule has 0 spiro atoms. The summed E-state index contributed by atoms with van der Waals surface area (Å²) in [6.45, 7) is 11.0. The van der Waals surface area contributed by atoms with Crippen LogP contribution >= 0.6 is 0 Å². The predicted octanol–water partition coefficient (Wildman–Crippen LogP) is 8.04. The molecule has 3 rings (SSSR count). The van der Waals surface area contributed by atoms with Gasteiger partial charge >= 0.3 is 11.9 Å². The summed E-state index contributed by atoms with van der Waals surface area (Å²) >= 11 is 0. The number of carbonyl (C=O) groups excluding carboxylic acids is 2. The lowest BCUT2D eigenvalue weighted by molar-refractivity contribution is -0.0461. The molecule has 54 heavy (non-hydrogen) atoms. The lowest BCUT2D eigenvalue weighted by Crippen LogP contribution is -2.42. The van der Waals surface area contributed by atoms with Crippen LogP contribution in [-0.2, 0) is 20.6 Å². The van der Waals surface area contributed by atoms with Crippen LogP contribution in [-0.4, -0.2) is 69.7 Å². The number of oxazole rings is 2. The van der Waals surface area contributed by atoms with E-state index in [0.717, 1.165) is 0 Å². The van der Waals surface area contributed by atoms with Gasteiger partial charge in [0.25, 0.3) is 0 Å². The Morgan fingerprint density at radius 1 is 0.722 bits per heavy atom. The number of cyclic esters (lactones) is 2. The Kier molecular flexibility index (Phi) is 17.3. The molecule has 11 nitrogen and oxygen atoms in total. The minimum atomic E-state index is -0.871. The number of allylic oxidation sites excluding steroid dienone is 12. The van der Waals surface area contributed by atoms with Crippen LogP contribution in [0.1, 0.15) is 87.1 Å². The summed E-state index contributed by atoms with van der Waals surface area (Å²) in [5.41, 5.74) is -1.63. The van der Waals surface area contributed by atoms with Gasteiger partial charge in [-0.25, -0.2) is 19.6 Å². The first-order chi connectivity index (χ1) is 25.8. The highest BCUT2D eigenvalue weighted by molar-refractivity contribution is 5.87. The molecule has 0 radical (unpaired) electrons. The third-order valence-corrected chi connectivity index (χ3v) is 9.03. The van der Waals surface area contributed by atoms with Gasteiger partial charge in [0.05, 0.1) is 24.7 Å². The summed E-state index contributed by atoms with van der Waals surface area (Å²) in [6, 6.07) is 0. The summed E-state index contributed by atoms with van der Waals surface area (Å²) in [5, 5.41) is 21.7. The average Bonchev–Trinajstić information content (AvgIpc) is 3.82. The van der Waals surface area contributed by atoms with Crippen molar-refractivity contribution in [1.29, 1.82) is 0 Å². The molecule has 290 valence electrons. The van der Waals surface area contributed by atoms with Crippen LogP contribution in [0, 0.1) is 10.8 Å². The Morgan fingerprint density at radius 3 is 1.74 bits per heavy atom. The van der Waals surface area contributed by atoms with Gasteiger partial charge < -0.3 is 33.3 Å². The number of rotatable bonds is 7. The molecule has 0 aliphatic carbocycles. The minimum absolute atomic E-state index is 0.0118. The van der Waals surface area contributed by atoms with Crippen molar-refractivity contribution in [2.24, 2.45) is 10.8 Å². The Morgan fingerprint density at radius 2 is 1.20 bits per heavy atom. The van der Waals surface area contributed by atoms with Crippen LogP contribution in [0.15, 0.2) is 125 Å². The van der Waals surface area contributed by atoms with E-state index < -0.39 is 53.3 Å². The molecule has 0 fully saturated rings. The minimum Gasteiger partial charge on any atom is -0.457 e. The van der Waals surface area contributed by atoms with Gasteiger partial charge in [0.15, 0.2) is 17.3 Å². The fourth-order valence-corrected chi connectivity index (χ4v) is 5.26. The van der Waals surface area contributed by atoms with Gasteiger partial charge in [0, 0.05) is 36.9 Å². The van der Waals surface area contributed by atoms with E-state index in [4.69, 9.17) is 23.0 Å². The maximum atomic E-state index is 13.3. The molecular weight excluding hydrogens is 688 g/mol. The molecule has 4 bridgehead atoms. The van der Waals surface area contributed by atoms with Crippen molar-refractivity contribution in [2.75, 3.05) is 7.11 Å². The van der Waals surface area contributed by atoms with E-state index in [1.165, 1.54) is 12.5 Å².